The van der Waals surface area contributed by atoms with Gasteiger partial charge >= 0.3 is 0 Å². The van der Waals surface area contributed by atoms with Gasteiger partial charge in [0.15, 0.2) is 0 Å². The van der Waals surface area contributed by atoms with E-state index in [-0.39, 0.29) is 12.2 Å². The van der Waals surface area contributed by atoms with Gasteiger partial charge in [0.1, 0.15) is 18.8 Å². The lowest BCUT2D eigenvalue weighted by Gasteiger charge is -2.15. The van der Waals surface area contributed by atoms with Crippen LogP contribution in [-0.4, -0.2) is 36.2 Å². The van der Waals surface area contributed by atoms with E-state index >= 15 is 0 Å². The second kappa shape index (κ2) is 7.27. The summed E-state index contributed by atoms with van der Waals surface area (Å²) >= 11 is 0. The highest BCUT2D eigenvalue weighted by atomic mass is 16.6. The first-order chi connectivity index (χ1) is 6.95. The van der Waals surface area contributed by atoms with Gasteiger partial charge in [0.25, 0.3) is 0 Å². The number of hydrogen-bond acceptors (Lipinski definition) is 4. The molecule has 0 aromatic carbocycles. The van der Waals surface area contributed by atoms with Crippen molar-refractivity contribution in [1.82, 2.24) is 0 Å². The van der Waals surface area contributed by atoms with E-state index < -0.39 is 0 Å². The quantitative estimate of drug-likeness (QED) is 0.330. The maximum Gasteiger partial charge on any atom is 0.129 e. The third kappa shape index (κ3) is 10.9. The lowest BCUT2D eigenvalue weighted by atomic mass is 10.2. The summed E-state index contributed by atoms with van der Waals surface area (Å²) in [5.41, 5.74) is 0.480. The molecule has 0 fully saturated rings. The van der Waals surface area contributed by atoms with Gasteiger partial charge in [-0.15, -0.1) is 0 Å². The molecular formula is C11H19NO3. The van der Waals surface area contributed by atoms with Crippen molar-refractivity contribution in [3.8, 4) is 11.8 Å². The molecule has 0 amide bonds. The third-order valence-corrected chi connectivity index (χ3v) is 1.16. The van der Waals surface area contributed by atoms with Crippen LogP contribution in [0.1, 0.15) is 27.7 Å². The molecule has 0 aromatic heterocycles. The minimum absolute atomic E-state index is 0.135. The topological polar surface area (TPSA) is 51.0 Å². The van der Waals surface area contributed by atoms with Crippen molar-refractivity contribution >= 4 is 5.71 Å². The molecule has 15 heavy (non-hydrogen) atoms. The largest absolute Gasteiger partial charge is 0.390 e. The van der Waals surface area contributed by atoms with Crippen LogP contribution in [0.15, 0.2) is 5.16 Å². The van der Waals surface area contributed by atoms with Gasteiger partial charge in [0.05, 0.1) is 12.3 Å². The normalized spacial score (nSPS) is 11.9. The molecule has 4 nitrogen and oxygen atoms in total. The molecule has 0 aliphatic rings. The van der Waals surface area contributed by atoms with E-state index in [1.165, 1.54) is 0 Å². The molecule has 0 heterocycles. The Morgan fingerprint density at radius 1 is 1.33 bits per heavy atom. The van der Waals surface area contributed by atoms with E-state index in [1.54, 1.807) is 0 Å². The molecule has 0 aliphatic carbocycles. The Bertz CT molecular complexity index is 255. The number of nitrogens with zero attached hydrogens (tertiary/aromatic N) is 1. The molecule has 0 spiro atoms. The third-order valence-electron chi connectivity index (χ3n) is 1.16. The lowest BCUT2D eigenvalue weighted by Crippen LogP contribution is -2.17. The first-order valence-corrected chi connectivity index (χ1v) is 4.81. The number of hydrogen-bond donors (Lipinski definition) is 1. The molecule has 0 aromatic rings. The summed E-state index contributed by atoms with van der Waals surface area (Å²) in [6, 6.07) is 0. The minimum atomic E-state index is -0.280. The van der Waals surface area contributed by atoms with Gasteiger partial charge in [-0.2, -0.15) is 0 Å². The van der Waals surface area contributed by atoms with Gasteiger partial charge in [-0.05, 0) is 27.7 Å². The number of ether oxygens (including phenoxy) is 1. The van der Waals surface area contributed by atoms with Crippen molar-refractivity contribution < 1.29 is 14.7 Å². The highest BCUT2D eigenvalue weighted by Crippen LogP contribution is 2.06. The predicted molar refractivity (Wildman–Crippen MR) is 59.6 cm³/mol. The molecule has 1 N–H and O–H groups in total. The highest BCUT2D eigenvalue weighted by Gasteiger charge is 2.09. The Balaban J connectivity index is 3.69. The summed E-state index contributed by atoms with van der Waals surface area (Å²) in [5.74, 6) is 5.13. The van der Waals surface area contributed by atoms with Crippen molar-refractivity contribution in [3.05, 3.63) is 0 Å². The molecule has 0 bridgehead atoms. The van der Waals surface area contributed by atoms with Crippen molar-refractivity contribution in [3.63, 3.8) is 0 Å². The van der Waals surface area contributed by atoms with Crippen LogP contribution >= 0.6 is 0 Å². The molecule has 0 radical (unpaired) electrons. The summed E-state index contributed by atoms with van der Waals surface area (Å²) in [6.07, 6.45) is 0. The molecule has 0 unspecified atom stereocenters. The van der Waals surface area contributed by atoms with E-state index in [2.05, 4.69) is 17.0 Å². The van der Waals surface area contributed by atoms with E-state index in [9.17, 15) is 0 Å². The fourth-order valence-corrected chi connectivity index (χ4v) is 0.598. The Labute approximate surface area is 91.3 Å². The minimum Gasteiger partial charge on any atom is -0.390 e. The Morgan fingerprint density at radius 2 is 2.00 bits per heavy atom. The monoisotopic (exact) mass is 213 g/mol. The molecule has 4 heteroatoms. The molecule has 0 saturated heterocycles. The predicted octanol–water partition coefficient (Wildman–Crippen LogP) is 1.19. The van der Waals surface area contributed by atoms with Crippen LogP contribution < -0.4 is 0 Å². The summed E-state index contributed by atoms with van der Waals surface area (Å²) in [6.45, 7) is 8.15. The second-order valence-corrected chi connectivity index (χ2v) is 4.03. The second-order valence-electron chi connectivity index (χ2n) is 4.03. The standard InChI is InChI=1S/C11H19NO3/c1-10(12-15-11(2,3)4)9-14-8-6-5-7-13/h13H,7-9H2,1-4H3/b12-10+. The number of aliphatic hydroxyl groups excluding tert-OH is 1. The van der Waals surface area contributed by atoms with E-state index in [1.807, 2.05) is 27.7 Å². The van der Waals surface area contributed by atoms with Crippen molar-refractivity contribution in [2.24, 2.45) is 5.16 Å². The van der Waals surface area contributed by atoms with Crippen LogP contribution in [0, 0.1) is 11.8 Å². The lowest BCUT2D eigenvalue weighted by molar-refractivity contribution is -0.000437. The van der Waals surface area contributed by atoms with Gasteiger partial charge in [-0.3, -0.25) is 0 Å². The Morgan fingerprint density at radius 3 is 2.53 bits per heavy atom. The van der Waals surface area contributed by atoms with Gasteiger partial charge in [-0.25, -0.2) is 0 Å². The molecule has 86 valence electrons. The van der Waals surface area contributed by atoms with Crippen LogP contribution in [0.3, 0.4) is 0 Å². The summed E-state index contributed by atoms with van der Waals surface area (Å²) in [7, 11) is 0. The van der Waals surface area contributed by atoms with Gasteiger partial charge in [0, 0.05) is 0 Å². The number of aliphatic hydroxyl groups is 1. The van der Waals surface area contributed by atoms with E-state index in [0.717, 1.165) is 5.71 Å². The average molecular weight is 213 g/mol. The van der Waals surface area contributed by atoms with Crippen LogP contribution in [0.5, 0.6) is 0 Å². The van der Waals surface area contributed by atoms with Crippen LogP contribution in [-0.2, 0) is 9.57 Å². The van der Waals surface area contributed by atoms with Gasteiger partial charge in [0.2, 0.25) is 0 Å². The molecular weight excluding hydrogens is 194 g/mol. The molecule has 0 rings (SSSR count). The average Bonchev–Trinajstić information content (AvgIpc) is 2.13. The zero-order valence-corrected chi connectivity index (χ0v) is 9.83. The van der Waals surface area contributed by atoms with Gasteiger partial charge in [-0.1, -0.05) is 17.0 Å². The Hall–Kier alpha value is -1.05. The van der Waals surface area contributed by atoms with Crippen LogP contribution in [0.25, 0.3) is 0 Å². The fraction of sp³-hybridized carbons (Fsp3) is 0.727. The fourth-order valence-electron chi connectivity index (χ4n) is 0.598. The van der Waals surface area contributed by atoms with Crippen LogP contribution in [0.2, 0.25) is 0 Å². The maximum atomic E-state index is 8.38. The highest BCUT2D eigenvalue weighted by molar-refractivity contribution is 5.82. The molecule has 0 aliphatic heterocycles. The van der Waals surface area contributed by atoms with E-state index in [0.29, 0.717) is 13.2 Å². The van der Waals surface area contributed by atoms with Crippen LogP contribution in [0.4, 0.5) is 0 Å². The maximum absolute atomic E-state index is 8.38. The summed E-state index contributed by atoms with van der Waals surface area (Å²) in [4.78, 5) is 5.20. The summed E-state index contributed by atoms with van der Waals surface area (Å²) < 4.78 is 5.17. The van der Waals surface area contributed by atoms with Gasteiger partial charge < -0.3 is 14.7 Å². The Kier molecular flexibility index (Phi) is 6.76. The summed E-state index contributed by atoms with van der Waals surface area (Å²) in [5, 5.41) is 12.3. The van der Waals surface area contributed by atoms with Crippen molar-refractivity contribution in [2.45, 2.75) is 33.3 Å². The smallest absolute Gasteiger partial charge is 0.129 e. The SMILES string of the molecule is C/C(COCC#CCO)=N\OC(C)(C)C. The zero-order valence-electron chi connectivity index (χ0n) is 9.83. The molecule has 0 atom stereocenters. The zero-order chi connectivity index (χ0) is 11.7. The van der Waals surface area contributed by atoms with E-state index in [4.69, 9.17) is 14.7 Å². The van der Waals surface area contributed by atoms with Crippen molar-refractivity contribution in [2.75, 3.05) is 19.8 Å². The first kappa shape index (κ1) is 13.9. The number of oxime groups is 1. The first-order valence-electron chi connectivity index (χ1n) is 4.81. The molecule has 0 saturated carbocycles. The number of rotatable bonds is 4. The van der Waals surface area contributed by atoms with Crippen molar-refractivity contribution in [1.29, 1.82) is 0 Å².